The molecule has 0 amide bonds. The van der Waals surface area contributed by atoms with Gasteiger partial charge in [-0.1, -0.05) is 31.5 Å². The van der Waals surface area contributed by atoms with Crippen molar-refractivity contribution >= 4 is 31.5 Å². The van der Waals surface area contributed by atoms with Crippen LogP contribution in [-0.2, 0) is 19.9 Å². The highest BCUT2D eigenvalue weighted by atomic mass is 35.5. The van der Waals surface area contributed by atoms with Gasteiger partial charge in [0, 0.05) is 17.6 Å². The van der Waals surface area contributed by atoms with Gasteiger partial charge in [-0.25, -0.2) is 16.8 Å². The van der Waals surface area contributed by atoms with E-state index in [1.165, 1.54) is 10.4 Å². The molecule has 0 radical (unpaired) electrons. The molecule has 8 heteroatoms. The number of aryl methyl sites for hydroxylation is 1. The van der Waals surface area contributed by atoms with Crippen LogP contribution in [0.1, 0.15) is 25.8 Å². The molecule has 1 heterocycles. The Hall–Kier alpha value is -0.630. The molecule has 130 valence electrons. The van der Waals surface area contributed by atoms with Crippen molar-refractivity contribution in [2.24, 2.45) is 5.92 Å². The van der Waals surface area contributed by atoms with Crippen molar-refractivity contribution in [2.75, 3.05) is 18.1 Å². The maximum absolute atomic E-state index is 13.1. The van der Waals surface area contributed by atoms with Crippen LogP contribution >= 0.6 is 11.6 Å². The average Bonchev–Trinajstić information content (AvgIpc) is 2.78. The highest BCUT2D eigenvalue weighted by Gasteiger charge is 2.39. The summed E-state index contributed by atoms with van der Waals surface area (Å²) in [6.07, 6.45) is 0.341. The van der Waals surface area contributed by atoms with Crippen molar-refractivity contribution in [3.63, 3.8) is 0 Å². The monoisotopic (exact) mass is 379 g/mol. The molecule has 1 atom stereocenters. The summed E-state index contributed by atoms with van der Waals surface area (Å²) in [6, 6.07) is 4.23. The zero-order chi connectivity index (χ0) is 17.4. The molecule has 0 spiro atoms. The summed E-state index contributed by atoms with van der Waals surface area (Å²) in [5.74, 6) is 0.0158. The minimum Gasteiger partial charge on any atom is -0.229 e. The van der Waals surface area contributed by atoms with Gasteiger partial charge in [-0.3, -0.25) is 0 Å². The van der Waals surface area contributed by atoms with Crippen molar-refractivity contribution in [3.05, 3.63) is 28.8 Å². The lowest BCUT2D eigenvalue weighted by Crippen LogP contribution is -2.43. The molecule has 1 fully saturated rings. The molecule has 0 saturated carbocycles. The number of benzene rings is 1. The Morgan fingerprint density at radius 3 is 2.52 bits per heavy atom. The summed E-state index contributed by atoms with van der Waals surface area (Å²) >= 11 is 5.96. The number of hydrogen-bond donors (Lipinski definition) is 0. The number of halogens is 1. The van der Waals surface area contributed by atoms with E-state index in [1.54, 1.807) is 19.1 Å². The Morgan fingerprint density at radius 1 is 1.35 bits per heavy atom. The Labute approximate surface area is 143 Å². The lowest BCUT2D eigenvalue weighted by Gasteiger charge is -2.29. The van der Waals surface area contributed by atoms with E-state index >= 15 is 0 Å². The van der Waals surface area contributed by atoms with Crippen LogP contribution in [0.3, 0.4) is 0 Å². The molecule has 0 aromatic heterocycles. The molecule has 0 N–H and O–H groups in total. The van der Waals surface area contributed by atoms with Gasteiger partial charge in [0.25, 0.3) is 0 Å². The van der Waals surface area contributed by atoms with Crippen molar-refractivity contribution in [1.82, 2.24) is 4.31 Å². The van der Waals surface area contributed by atoms with Crippen LogP contribution in [0.25, 0.3) is 0 Å². The molecule has 1 aliphatic heterocycles. The second kappa shape index (κ2) is 6.70. The molecule has 5 nitrogen and oxygen atoms in total. The molecular formula is C15H22ClNO4S2. The van der Waals surface area contributed by atoms with Gasteiger partial charge in [-0.15, -0.1) is 0 Å². The Kier molecular flexibility index (Phi) is 5.45. The van der Waals surface area contributed by atoms with Crippen LogP contribution in [-0.4, -0.2) is 45.2 Å². The topological polar surface area (TPSA) is 71.5 Å². The molecule has 0 bridgehead atoms. The quantitative estimate of drug-likeness (QED) is 0.787. The first-order valence-corrected chi connectivity index (χ1v) is 11.2. The molecule has 23 heavy (non-hydrogen) atoms. The lowest BCUT2D eigenvalue weighted by atomic mass is 10.2. The molecule has 0 aliphatic carbocycles. The number of nitrogens with zero attached hydrogens (tertiary/aromatic N) is 1. The standard InChI is InChI=1S/C15H22ClNO4S2/c1-11(2)9-17(14-6-7-22(18,19)10-14)23(20,21)15-8-13(16)5-4-12(15)3/h4-5,8,11,14H,6-7,9-10H2,1-3H3/t14-/m0/s1. The van der Waals surface area contributed by atoms with Gasteiger partial charge in [0.1, 0.15) is 0 Å². The first-order valence-electron chi connectivity index (χ1n) is 7.51. The largest absolute Gasteiger partial charge is 0.243 e. The normalized spacial score (nSPS) is 21.2. The summed E-state index contributed by atoms with van der Waals surface area (Å²) in [4.78, 5) is 0.148. The molecular weight excluding hydrogens is 358 g/mol. The van der Waals surface area contributed by atoms with Crippen LogP contribution in [0.5, 0.6) is 0 Å². The average molecular weight is 380 g/mol. The van der Waals surface area contributed by atoms with Crippen LogP contribution in [0, 0.1) is 12.8 Å². The van der Waals surface area contributed by atoms with E-state index in [1.807, 2.05) is 13.8 Å². The van der Waals surface area contributed by atoms with Gasteiger partial charge in [0.2, 0.25) is 10.0 Å². The fraction of sp³-hybridized carbons (Fsp3) is 0.600. The van der Waals surface area contributed by atoms with Crippen LogP contribution in [0.4, 0.5) is 0 Å². The third-order valence-electron chi connectivity index (χ3n) is 3.90. The number of hydrogen-bond acceptors (Lipinski definition) is 4. The van der Waals surface area contributed by atoms with E-state index < -0.39 is 25.9 Å². The van der Waals surface area contributed by atoms with E-state index in [4.69, 9.17) is 11.6 Å². The highest BCUT2D eigenvalue weighted by molar-refractivity contribution is 7.92. The molecule has 2 rings (SSSR count). The maximum Gasteiger partial charge on any atom is 0.243 e. The number of sulfonamides is 1. The van der Waals surface area contributed by atoms with Crippen LogP contribution < -0.4 is 0 Å². The number of sulfone groups is 1. The van der Waals surface area contributed by atoms with Gasteiger partial charge < -0.3 is 0 Å². The van der Waals surface area contributed by atoms with E-state index in [0.717, 1.165) is 0 Å². The molecule has 0 unspecified atom stereocenters. The number of rotatable bonds is 5. The van der Waals surface area contributed by atoms with E-state index in [9.17, 15) is 16.8 Å². The summed E-state index contributed by atoms with van der Waals surface area (Å²) in [5, 5.41) is 0.345. The Morgan fingerprint density at radius 2 is 2.00 bits per heavy atom. The van der Waals surface area contributed by atoms with Crippen molar-refractivity contribution in [2.45, 2.75) is 38.1 Å². The van der Waals surface area contributed by atoms with E-state index in [2.05, 4.69) is 0 Å². The van der Waals surface area contributed by atoms with E-state index in [-0.39, 0.29) is 28.9 Å². The Balaban J connectivity index is 2.47. The maximum atomic E-state index is 13.1. The highest BCUT2D eigenvalue weighted by Crippen LogP contribution is 2.29. The van der Waals surface area contributed by atoms with Crippen molar-refractivity contribution < 1.29 is 16.8 Å². The third kappa shape index (κ3) is 4.26. The predicted octanol–water partition coefficient (Wildman–Crippen LogP) is 2.48. The SMILES string of the molecule is Cc1ccc(Cl)cc1S(=O)(=O)N(CC(C)C)[C@H]1CCS(=O)(=O)C1. The first-order chi connectivity index (χ1) is 10.5. The fourth-order valence-corrected chi connectivity index (χ4v) is 6.92. The fourth-order valence-electron chi connectivity index (χ4n) is 2.78. The minimum atomic E-state index is -3.80. The second-order valence-corrected chi connectivity index (χ2v) is 11.0. The smallest absolute Gasteiger partial charge is 0.229 e. The predicted molar refractivity (Wildman–Crippen MR) is 92.0 cm³/mol. The lowest BCUT2D eigenvalue weighted by molar-refractivity contribution is 0.307. The van der Waals surface area contributed by atoms with E-state index in [0.29, 0.717) is 17.0 Å². The van der Waals surface area contributed by atoms with Gasteiger partial charge >= 0.3 is 0 Å². The molecule has 1 aromatic rings. The van der Waals surface area contributed by atoms with Crippen LogP contribution in [0.2, 0.25) is 5.02 Å². The van der Waals surface area contributed by atoms with Crippen LogP contribution in [0.15, 0.2) is 23.1 Å². The molecule has 1 aliphatic rings. The van der Waals surface area contributed by atoms with Gasteiger partial charge in [0.15, 0.2) is 9.84 Å². The summed E-state index contributed by atoms with van der Waals surface area (Å²) < 4.78 is 51.1. The molecule has 1 aromatic carbocycles. The third-order valence-corrected chi connectivity index (χ3v) is 7.94. The first kappa shape index (κ1) is 18.7. The molecule has 1 saturated heterocycles. The summed E-state index contributed by atoms with van der Waals surface area (Å²) in [5.41, 5.74) is 0.601. The van der Waals surface area contributed by atoms with Crippen molar-refractivity contribution in [3.8, 4) is 0 Å². The second-order valence-electron chi connectivity index (χ2n) is 6.44. The zero-order valence-corrected chi connectivity index (χ0v) is 15.9. The van der Waals surface area contributed by atoms with Gasteiger partial charge in [-0.05, 0) is 37.0 Å². The summed E-state index contributed by atoms with van der Waals surface area (Å²) in [6.45, 7) is 5.82. The van der Waals surface area contributed by atoms with Crippen molar-refractivity contribution in [1.29, 1.82) is 0 Å². The van der Waals surface area contributed by atoms with Gasteiger partial charge in [-0.2, -0.15) is 4.31 Å². The Bertz CT molecular complexity index is 788. The zero-order valence-electron chi connectivity index (χ0n) is 13.5. The minimum absolute atomic E-state index is 0.0380. The van der Waals surface area contributed by atoms with Gasteiger partial charge in [0.05, 0.1) is 16.4 Å². The summed E-state index contributed by atoms with van der Waals surface area (Å²) in [7, 11) is -6.97.